The maximum atomic E-state index is 12.2. The number of carbonyl (C=O) groups excluding carboxylic acids is 1. The van der Waals surface area contributed by atoms with Gasteiger partial charge in [-0.2, -0.15) is 0 Å². The summed E-state index contributed by atoms with van der Waals surface area (Å²) in [7, 11) is 0. The standard InChI is InChI=1S/C28H49NO8.Na/c1-2-3-4-5-6-7-8-9-10-11-12-13-14-15-16-17-18-29-23(31)19-21(28(35)36)27-26(34)25(33)24(32)22(20-30)37-27;/h9-10,19,22,24-27,30,32-34H,2-8,11-18,20H2,1H3,(H,29,31)(H,35,36);/b10-9-,21-19-;/t22-,24-,25+,26-,27?;/m1./s1. The molecular formula is C28H49NNaO8. The van der Waals surface area contributed by atoms with E-state index in [1.54, 1.807) is 0 Å². The predicted octanol–water partition coefficient (Wildman–Crippen LogP) is 2.61. The number of unbranched alkanes of at least 4 members (excludes halogenated alkanes) is 12. The Labute approximate surface area is 250 Å². The number of rotatable bonds is 20. The molecule has 5 atom stereocenters. The van der Waals surface area contributed by atoms with Crippen molar-refractivity contribution >= 4 is 41.4 Å². The van der Waals surface area contributed by atoms with Gasteiger partial charge < -0.3 is 35.6 Å². The third-order valence-corrected chi connectivity index (χ3v) is 6.72. The summed E-state index contributed by atoms with van der Waals surface area (Å²) in [4.78, 5) is 23.9. The number of aliphatic carboxylic acids is 1. The van der Waals surface area contributed by atoms with Crippen LogP contribution >= 0.6 is 0 Å². The molecule has 1 amide bonds. The second-order valence-electron chi connectivity index (χ2n) is 9.88. The van der Waals surface area contributed by atoms with Crippen LogP contribution < -0.4 is 5.32 Å². The number of aliphatic hydroxyl groups excluding tert-OH is 4. The van der Waals surface area contributed by atoms with Crippen LogP contribution in [0.5, 0.6) is 0 Å². The van der Waals surface area contributed by atoms with Crippen molar-refractivity contribution < 1.29 is 39.9 Å². The molecule has 0 aliphatic carbocycles. The van der Waals surface area contributed by atoms with Gasteiger partial charge in [0.05, 0.1) is 12.2 Å². The van der Waals surface area contributed by atoms with E-state index in [9.17, 15) is 35.1 Å². The van der Waals surface area contributed by atoms with E-state index in [2.05, 4.69) is 24.4 Å². The molecule has 0 aromatic rings. The third kappa shape index (κ3) is 15.1. The summed E-state index contributed by atoms with van der Waals surface area (Å²) >= 11 is 0. The first kappa shape index (κ1) is 37.2. The SMILES string of the molecule is CCCCCCCC/C=C\CCCCCCCCNC(=O)/C=C(\C(=O)O)C1O[C@H](CO)[C@@H](O)[C@H](O)[C@H]1O.[Na]. The number of nitrogens with one attached hydrogen (secondary N) is 1. The number of hydrogen-bond acceptors (Lipinski definition) is 7. The van der Waals surface area contributed by atoms with Gasteiger partial charge in [0.2, 0.25) is 5.91 Å². The van der Waals surface area contributed by atoms with Crippen molar-refractivity contribution in [2.45, 2.75) is 127 Å². The molecule has 0 saturated carbocycles. The number of aliphatic hydroxyl groups is 4. The van der Waals surface area contributed by atoms with Gasteiger partial charge in [0.15, 0.2) is 0 Å². The Morgan fingerprint density at radius 3 is 1.84 bits per heavy atom. The first-order chi connectivity index (χ1) is 17.8. The van der Waals surface area contributed by atoms with Crippen LogP contribution in [0.2, 0.25) is 0 Å². The molecule has 0 bridgehead atoms. The Kier molecular flexibility index (Phi) is 22.5. The second kappa shape index (κ2) is 23.0. The zero-order valence-electron chi connectivity index (χ0n) is 23.4. The van der Waals surface area contributed by atoms with Crippen LogP contribution in [-0.2, 0) is 14.3 Å². The van der Waals surface area contributed by atoms with E-state index in [4.69, 9.17) is 4.74 Å². The summed E-state index contributed by atoms with van der Waals surface area (Å²) < 4.78 is 5.25. The van der Waals surface area contributed by atoms with Crippen molar-refractivity contribution in [3.8, 4) is 0 Å². The van der Waals surface area contributed by atoms with Gasteiger partial charge in [-0.15, -0.1) is 0 Å². The zero-order valence-corrected chi connectivity index (χ0v) is 25.4. The first-order valence-corrected chi connectivity index (χ1v) is 14.0. The maximum Gasteiger partial charge on any atom is 0.334 e. The monoisotopic (exact) mass is 550 g/mol. The molecule has 38 heavy (non-hydrogen) atoms. The first-order valence-electron chi connectivity index (χ1n) is 14.0. The summed E-state index contributed by atoms with van der Waals surface area (Å²) in [6.07, 6.45) is 14.1. The molecule has 215 valence electrons. The van der Waals surface area contributed by atoms with Crippen LogP contribution in [0.4, 0.5) is 0 Å². The molecular weight excluding hydrogens is 501 g/mol. The van der Waals surface area contributed by atoms with Crippen LogP contribution in [0.1, 0.15) is 96.8 Å². The molecule has 9 nitrogen and oxygen atoms in total. The van der Waals surface area contributed by atoms with Gasteiger partial charge in [0, 0.05) is 42.2 Å². The summed E-state index contributed by atoms with van der Waals surface area (Å²) in [5, 5.41) is 51.2. The van der Waals surface area contributed by atoms with Gasteiger partial charge in [0.1, 0.15) is 30.5 Å². The molecule has 1 rings (SSSR count). The van der Waals surface area contributed by atoms with Gasteiger partial charge in [-0.3, -0.25) is 4.79 Å². The molecule has 1 radical (unpaired) electrons. The fourth-order valence-electron chi connectivity index (χ4n) is 4.40. The number of carboxylic acids is 1. The molecule has 1 fully saturated rings. The molecule has 0 spiro atoms. The largest absolute Gasteiger partial charge is 0.478 e. The van der Waals surface area contributed by atoms with Crippen LogP contribution in [0.15, 0.2) is 23.8 Å². The van der Waals surface area contributed by atoms with Crippen molar-refractivity contribution in [3.05, 3.63) is 23.8 Å². The summed E-state index contributed by atoms with van der Waals surface area (Å²) in [6.45, 7) is 1.94. The summed E-state index contributed by atoms with van der Waals surface area (Å²) in [5.74, 6) is -2.15. The van der Waals surface area contributed by atoms with E-state index in [1.807, 2.05) is 0 Å². The van der Waals surface area contributed by atoms with E-state index in [0.717, 1.165) is 38.2 Å². The van der Waals surface area contributed by atoms with Crippen LogP contribution in [0.25, 0.3) is 0 Å². The van der Waals surface area contributed by atoms with Gasteiger partial charge >= 0.3 is 5.97 Å². The average molecular weight is 551 g/mol. The number of carbonyl (C=O) groups is 2. The Morgan fingerprint density at radius 1 is 0.789 bits per heavy atom. The number of ether oxygens (including phenoxy) is 1. The topological polar surface area (TPSA) is 157 Å². The van der Waals surface area contributed by atoms with Crippen LogP contribution in [-0.4, -0.2) is 111 Å². The molecule has 0 aromatic heterocycles. The molecule has 1 saturated heterocycles. The van der Waals surface area contributed by atoms with Gasteiger partial charge in [-0.05, 0) is 32.1 Å². The molecule has 1 unspecified atom stereocenters. The minimum atomic E-state index is -1.76. The van der Waals surface area contributed by atoms with Crippen molar-refractivity contribution in [2.24, 2.45) is 0 Å². The van der Waals surface area contributed by atoms with Crippen LogP contribution in [0, 0.1) is 0 Å². The molecule has 1 aliphatic rings. The fourth-order valence-corrected chi connectivity index (χ4v) is 4.40. The van der Waals surface area contributed by atoms with E-state index in [1.165, 1.54) is 57.8 Å². The quantitative estimate of drug-likeness (QED) is 0.0585. The second-order valence-corrected chi connectivity index (χ2v) is 9.88. The average Bonchev–Trinajstić information content (AvgIpc) is 2.88. The number of amides is 1. The minimum Gasteiger partial charge on any atom is -0.478 e. The van der Waals surface area contributed by atoms with Gasteiger partial charge in [0.25, 0.3) is 0 Å². The Bertz CT molecular complexity index is 700. The summed E-state index contributed by atoms with van der Waals surface area (Å²) in [5.41, 5.74) is -0.560. The molecule has 10 heteroatoms. The maximum absolute atomic E-state index is 12.2. The molecule has 0 aromatic carbocycles. The minimum absolute atomic E-state index is 0. The zero-order chi connectivity index (χ0) is 27.5. The molecule has 1 heterocycles. The Balaban J connectivity index is 0.0000137. The fraction of sp³-hybridized carbons (Fsp3) is 0.786. The van der Waals surface area contributed by atoms with E-state index >= 15 is 0 Å². The van der Waals surface area contributed by atoms with Crippen molar-refractivity contribution in [1.82, 2.24) is 5.32 Å². The molecule has 6 N–H and O–H groups in total. The number of hydrogen-bond donors (Lipinski definition) is 6. The van der Waals surface area contributed by atoms with Gasteiger partial charge in [-0.1, -0.05) is 76.9 Å². The Hall–Kier alpha value is -0.780. The van der Waals surface area contributed by atoms with E-state index < -0.39 is 54.6 Å². The predicted molar refractivity (Wildman–Crippen MR) is 148 cm³/mol. The number of carboxylic acid groups (broad SMARTS) is 1. The van der Waals surface area contributed by atoms with E-state index in [0.29, 0.717) is 6.54 Å². The van der Waals surface area contributed by atoms with Crippen molar-refractivity contribution in [2.75, 3.05) is 13.2 Å². The van der Waals surface area contributed by atoms with Crippen molar-refractivity contribution in [1.29, 1.82) is 0 Å². The molecule has 1 aliphatic heterocycles. The van der Waals surface area contributed by atoms with E-state index in [-0.39, 0.29) is 29.6 Å². The summed E-state index contributed by atoms with van der Waals surface area (Å²) in [6, 6.07) is 0. The number of allylic oxidation sites excluding steroid dienone is 2. The van der Waals surface area contributed by atoms with Crippen molar-refractivity contribution in [3.63, 3.8) is 0 Å². The normalized spacial score (nSPS) is 23.8. The Morgan fingerprint density at radius 2 is 1.32 bits per heavy atom. The van der Waals surface area contributed by atoms with Crippen LogP contribution in [0.3, 0.4) is 0 Å². The van der Waals surface area contributed by atoms with Gasteiger partial charge in [-0.25, -0.2) is 4.79 Å². The smallest absolute Gasteiger partial charge is 0.334 e. The third-order valence-electron chi connectivity index (χ3n) is 6.72.